The summed E-state index contributed by atoms with van der Waals surface area (Å²) in [6, 6.07) is -0.222. The molecule has 0 radical (unpaired) electrons. The molecule has 19 heavy (non-hydrogen) atoms. The monoisotopic (exact) mass is 269 g/mol. The van der Waals surface area contributed by atoms with Gasteiger partial charge in [-0.05, 0) is 38.5 Å². The van der Waals surface area contributed by atoms with E-state index >= 15 is 0 Å². The molecular formula is C13H23N3O3. The van der Waals surface area contributed by atoms with Crippen LogP contribution >= 0.6 is 0 Å². The van der Waals surface area contributed by atoms with E-state index in [2.05, 4.69) is 5.16 Å². The van der Waals surface area contributed by atoms with Crippen LogP contribution in [0.1, 0.15) is 39.0 Å². The fourth-order valence-corrected chi connectivity index (χ4v) is 3.02. The van der Waals surface area contributed by atoms with E-state index in [1.54, 1.807) is 4.90 Å². The minimum absolute atomic E-state index is 0.119. The molecule has 1 atom stereocenters. The lowest BCUT2D eigenvalue weighted by Crippen LogP contribution is -2.45. The molecule has 0 spiro atoms. The van der Waals surface area contributed by atoms with E-state index in [1.807, 2.05) is 6.92 Å². The first-order chi connectivity index (χ1) is 9.15. The predicted molar refractivity (Wildman–Crippen MR) is 70.9 cm³/mol. The first-order valence-corrected chi connectivity index (χ1v) is 7.04. The molecule has 2 aliphatic rings. The number of hydrogen-bond donors (Lipinski definition) is 2. The average molecular weight is 269 g/mol. The number of rotatable bonds is 5. The third-order valence-electron chi connectivity index (χ3n) is 4.09. The summed E-state index contributed by atoms with van der Waals surface area (Å²) in [5.41, 5.74) is 5.63. The highest BCUT2D eigenvalue weighted by atomic mass is 16.5. The number of oxime groups is 1. The van der Waals surface area contributed by atoms with Gasteiger partial charge in [0.15, 0.2) is 5.84 Å². The van der Waals surface area contributed by atoms with E-state index in [1.165, 1.54) is 0 Å². The van der Waals surface area contributed by atoms with Crippen LogP contribution in [0.15, 0.2) is 5.16 Å². The summed E-state index contributed by atoms with van der Waals surface area (Å²) in [5, 5.41) is 11.8. The van der Waals surface area contributed by atoms with Crippen molar-refractivity contribution in [3.05, 3.63) is 0 Å². The summed E-state index contributed by atoms with van der Waals surface area (Å²) in [7, 11) is 0. The van der Waals surface area contributed by atoms with Gasteiger partial charge in [-0.3, -0.25) is 4.79 Å². The highest BCUT2D eigenvalue weighted by Gasteiger charge is 2.36. The standard InChI is InChI=1S/C13H23N3O3/c1-2-19-10-6-9(7-10)8-12(17)16-5-3-4-11(16)13(14)15-18/h9-11,18H,2-8H2,1H3,(H2,14,15). The summed E-state index contributed by atoms with van der Waals surface area (Å²) in [6.45, 7) is 3.44. The van der Waals surface area contributed by atoms with Crippen molar-refractivity contribution in [3.63, 3.8) is 0 Å². The summed E-state index contributed by atoms with van der Waals surface area (Å²) < 4.78 is 5.49. The van der Waals surface area contributed by atoms with E-state index in [9.17, 15) is 4.79 Å². The second kappa shape index (κ2) is 6.23. The fourth-order valence-electron chi connectivity index (χ4n) is 3.02. The Balaban J connectivity index is 1.80. The first-order valence-electron chi connectivity index (χ1n) is 7.04. The zero-order chi connectivity index (χ0) is 13.8. The van der Waals surface area contributed by atoms with Gasteiger partial charge in [0, 0.05) is 19.6 Å². The molecule has 1 aliphatic heterocycles. The zero-order valence-electron chi connectivity index (χ0n) is 11.4. The minimum Gasteiger partial charge on any atom is -0.409 e. The quantitative estimate of drug-likeness (QED) is 0.336. The number of nitrogens with zero attached hydrogens (tertiary/aromatic N) is 2. The lowest BCUT2D eigenvalue weighted by molar-refractivity contribution is -0.134. The van der Waals surface area contributed by atoms with E-state index < -0.39 is 0 Å². The van der Waals surface area contributed by atoms with Crippen molar-refractivity contribution in [2.24, 2.45) is 16.8 Å². The average Bonchev–Trinajstić information content (AvgIpc) is 2.84. The van der Waals surface area contributed by atoms with Crippen LogP contribution in [0.25, 0.3) is 0 Å². The van der Waals surface area contributed by atoms with E-state index in [0.717, 1.165) is 32.3 Å². The molecule has 3 N–H and O–H groups in total. The molecule has 0 aromatic rings. The van der Waals surface area contributed by atoms with E-state index in [4.69, 9.17) is 15.7 Å². The van der Waals surface area contributed by atoms with Crippen molar-refractivity contribution in [1.29, 1.82) is 0 Å². The Bertz CT molecular complexity index is 353. The van der Waals surface area contributed by atoms with Gasteiger partial charge in [-0.15, -0.1) is 0 Å². The van der Waals surface area contributed by atoms with E-state index in [0.29, 0.717) is 25.0 Å². The SMILES string of the molecule is CCOC1CC(CC(=O)N2CCCC2C(N)=NO)C1. The van der Waals surface area contributed by atoms with Gasteiger partial charge in [-0.1, -0.05) is 5.16 Å². The molecule has 0 aromatic heterocycles. The van der Waals surface area contributed by atoms with Crippen LogP contribution in [0.2, 0.25) is 0 Å². The topological polar surface area (TPSA) is 88.2 Å². The number of ether oxygens (including phenoxy) is 1. The van der Waals surface area contributed by atoms with Crippen LogP contribution < -0.4 is 5.73 Å². The molecule has 1 saturated carbocycles. The molecule has 1 amide bonds. The maximum absolute atomic E-state index is 12.2. The number of likely N-dealkylation sites (tertiary alicyclic amines) is 1. The van der Waals surface area contributed by atoms with Crippen molar-refractivity contribution in [3.8, 4) is 0 Å². The lowest BCUT2D eigenvalue weighted by Gasteiger charge is -2.36. The van der Waals surface area contributed by atoms with Crippen LogP contribution in [0, 0.1) is 5.92 Å². The second-order valence-electron chi connectivity index (χ2n) is 5.39. The molecule has 1 aliphatic carbocycles. The number of carbonyl (C=O) groups is 1. The Labute approximate surface area is 113 Å². The Morgan fingerprint density at radius 1 is 1.53 bits per heavy atom. The molecule has 6 heteroatoms. The zero-order valence-corrected chi connectivity index (χ0v) is 11.4. The van der Waals surface area contributed by atoms with Gasteiger partial charge in [0.05, 0.1) is 12.1 Å². The van der Waals surface area contributed by atoms with Crippen LogP contribution in [0.3, 0.4) is 0 Å². The van der Waals surface area contributed by atoms with Crippen molar-refractivity contribution in [2.45, 2.75) is 51.2 Å². The fraction of sp³-hybridized carbons (Fsp3) is 0.846. The van der Waals surface area contributed by atoms with Crippen molar-refractivity contribution in [2.75, 3.05) is 13.2 Å². The number of nitrogens with two attached hydrogens (primary N) is 1. The van der Waals surface area contributed by atoms with Crippen LogP contribution in [0.4, 0.5) is 0 Å². The summed E-state index contributed by atoms with van der Waals surface area (Å²) >= 11 is 0. The molecule has 2 rings (SSSR count). The number of hydrogen-bond acceptors (Lipinski definition) is 4. The normalized spacial score (nSPS) is 31.3. The molecule has 0 aromatic carbocycles. The maximum atomic E-state index is 12.2. The highest BCUT2D eigenvalue weighted by molar-refractivity contribution is 5.90. The summed E-state index contributed by atoms with van der Waals surface area (Å²) in [5.74, 6) is 0.693. The molecular weight excluding hydrogens is 246 g/mol. The Hall–Kier alpha value is -1.30. The number of carbonyl (C=O) groups excluding carboxylic acids is 1. The van der Waals surface area contributed by atoms with Gasteiger partial charge in [0.1, 0.15) is 0 Å². The molecule has 1 unspecified atom stereocenters. The maximum Gasteiger partial charge on any atom is 0.223 e. The number of amidine groups is 1. The van der Waals surface area contributed by atoms with Gasteiger partial charge in [0.25, 0.3) is 0 Å². The third kappa shape index (κ3) is 3.18. The van der Waals surface area contributed by atoms with Crippen molar-refractivity contribution < 1.29 is 14.7 Å². The van der Waals surface area contributed by atoms with Crippen LogP contribution in [-0.4, -0.2) is 47.1 Å². The van der Waals surface area contributed by atoms with E-state index in [-0.39, 0.29) is 17.8 Å². The molecule has 1 saturated heterocycles. The van der Waals surface area contributed by atoms with Crippen LogP contribution in [-0.2, 0) is 9.53 Å². The van der Waals surface area contributed by atoms with Crippen molar-refractivity contribution >= 4 is 11.7 Å². The minimum atomic E-state index is -0.222. The van der Waals surface area contributed by atoms with Crippen molar-refractivity contribution in [1.82, 2.24) is 4.90 Å². The molecule has 1 heterocycles. The Kier molecular flexibility index (Phi) is 4.63. The van der Waals surface area contributed by atoms with Gasteiger partial charge in [-0.2, -0.15) is 0 Å². The van der Waals surface area contributed by atoms with Gasteiger partial charge in [0.2, 0.25) is 5.91 Å². The summed E-state index contributed by atoms with van der Waals surface area (Å²) in [4.78, 5) is 14.0. The Morgan fingerprint density at radius 2 is 2.26 bits per heavy atom. The molecule has 2 fully saturated rings. The van der Waals surface area contributed by atoms with Gasteiger partial charge >= 0.3 is 0 Å². The lowest BCUT2D eigenvalue weighted by atomic mass is 9.79. The van der Waals surface area contributed by atoms with Crippen LogP contribution in [0.5, 0.6) is 0 Å². The smallest absolute Gasteiger partial charge is 0.223 e. The molecule has 0 bridgehead atoms. The Morgan fingerprint density at radius 3 is 2.89 bits per heavy atom. The predicted octanol–water partition coefficient (Wildman–Crippen LogP) is 0.929. The summed E-state index contributed by atoms with van der Waals surface area (Å²) in [6.07, 6.45) is 4.54. The van der Waals surface area contributed by atoms with Gasteiger partial charge < -0.3 is 20.6 Å². The highest BCUT2D eigenvalue weighted by Crippen LogP contribution is 2.34. The largest absolute Gasteiger partial charge is 0.409 e. The van der Waals surface area contributed by atoms with Gasteiger partial charge in [-0.25, -0.2) is 0 Å². The second-order valence-corrected chi connectivity index (χ2v) is 5.39. The molecule has 6 nitrogen and oxygen atoms in total. The third-order valence-corrected chi connectivity index (χ3v) is 4.09. The molecule has 108 valence electrons. The number of amides is 1. The first kappa shape index (κ1) is 14.1.